The molecule has 0 bridgehead atoms. The normalized spacial score (nSPS) is 12.2. The summed E-state index contributed by atoms with van der Waals surface area (Å²) in [5.41, 5.74) is 0.562. The van der Waals surface area contributed by atoms with Crippen molar-refractivity contribution in [2.45, 2.75) is 6.10 Å². The lowest BCUT2D eigenvalue weighted by molar-refractivity contribution is -0.131. The van der Waals surface area contributed by atoms with Crippen LogP contribution in [0.1, 0.15) is 11.7 Å². The molecule has 0 aliphatic carbocycles. The zero-order chi connectivity index (χ0) is 13.5. The minimum absolute atomic E-state index is 0.106. The molecule has 0 spiro atoms. The van der Waals surface area contributed by atoms with Crippen LogP contribution in [0.15, 0.2) is 18.2 Å². The van der Waals surface area contributed by atoms with Crippen LogP contribution in [-0.4, -0.2) is 41.8 Å². The molecule has 3 N–H and O–H groups in total. The third-order valence-electron chi connectivity index (χ3n) is 2.25. The number of thioether (sulfide) groups is 1. The molecule has 1 unspecified atom stereocenters. The summed E-state index contributed by atoms with van der Waals surface area (Å²) in [5, 5.41) is 22.3. The molecule has 1 rings (SSSR count). The number of benzene rings is 1. The lowest BCUT2D eigenvalue weighted by atomic mass is 10.1. The van der Waals surface area contributed by atoms with Gasteiger partial charge in [0.25, 0.3) is 0 Å². The largest absolute Gasteiger partial charge is 0.504 e. The van der Waals surface area contributed by atoms with E-state index in [2.05, 4.69) is 5.32 Å². The highest BCUT2D eigenvalue weighted by Crippen LogP contribution is 2.29. The number of ether oxygens (including phenoxy) is 1. The van der Waals surface area contributed by atoms with E-state index in [-0.39, 0.29) is 17.3 Å². The Hall–Kier alpha value is -1.24. The van der Waals surface area contributed by atoms with Gasteiger partial charge in [0.15, 0.2) is 11.5 Å². The van der Waals surface area contributed by atoms with Gasteiger partial charge in [-0.25, -0.2) is 0 Å². The average molecular weight is 271 g/mol. The Morgan fingerprint density at radius 1 is 1.56 bits per heavy atom. The molecule has 0 radical (unpaired) electrons. The maximum atomic E-state index is 11.3. The van der Waals surface area contributed by atoms with Crippen LogP contribution in [-0.2, 0) is 4.79 Å². The fourth-order valence-corrected chi connectivity index (χ4v) is 1.70. The average Bonchev–Trinajstić information content (AvgIpc) is 2.32. The second kappa shape index (κ2) is 7.25. The number of likely N-dealkylation sites (N-methyl/N-ethyl adjacent to an activating group) is 1. The van der Waals surface area contributed by atoms with Crippen molar-refractivity contribution in [1.82, 2.24) is 5.32 Å². The standard InChI is InChI=1S/C12H17NO4S/c1-13-6-10(15)8-3-4-11(9(14)5-8)17-12(16)7-18-2/h3-5,10,13-15H,6-7H2,1-2H3. The van der Waals surface area contributed by atoms with E-state index < -0.39 is 12.1 Å². The van der Waals surface area contributed by atoms with E-state index in [1.54, 1.807) is 19.4 Å². The molecular formula is C12H17NO4S. The molecule has 0 saturated carbocycles. The summed E-state index contributed by atoms with van der Waals surface area (Å²) in [7, 11) is 1.72. The Morgan fingerprint density at radius 3 is 2.83 bits per heavy atom. The molecule has 1 atom stereocenters. The van der Waals surface area contributed by atoms with Crippen LogP contribution in [0.4, 0.5) is 0 Å². The van der Waals surface area contributed by atoms with Gasteiger partial charge in [-0.15, -0.1) is 0 Å². The SMILES string of the molecule is CNCC(O)c1ccc(OC(=O)CSC)c(O)c1. The first-order valence-corrected chi connectivity index (χ1v) is 6.83. The highest BCUT2D eigenvalue weighted by atomic mass is 32.2. The lowest BCUT2D eigenvalue weighted by Gasteiger charge is -2.12. The van der Waals surface area contributed by atoms with E-state index in [0.29, 0.717) is 12.1 Å². The Morgan fingerprint density at radius 2 is 2.28 bits per heavy atom. The van der Waals surface area contributed by atoms with Gasteiger partial charge in [-0.3, -0.25) is 4.79 Å². The second-order valence-corrected chi connectivity index (χ2v) is 4.57. The summed E-state index contributed by atoms with van der Waals surface area (Å²) in [6.07, 6.45) is 1.08. The van der Waals surface area contributed by atoms with Gasteiger partial charge in [0.1, 0.15) is 0 Å². The molecule has 0 aliphatic heterocycles. The van der Waals surface area contributed by atoms with Gasteiger partial charge >= 0.3 is 5.97 Å². The number of carbonyl (C=O) groups is 1. The van der Waals surface area contributed by atoms with E-state index in [1.165, 1.54) is 23.9 Å². The molecule has 0 aromatic heterocycles. The van der Waals surface area contributed by atoms with Crippen molar-refractivity contribution in [3.63, 3.8) is 0 Å². The molecular weight excluding hydrogens is 254 g/mol. The van der Waals surface area contributed by atoms with Gasteiger partial charge in [-0.05, 0) is 31.0 Å². The number of hydrogen-bond acceptors (Lipinski definition) is 6. The molecule has 6 heteroatoms. The lowest BCUT2D eigenvalue weighted by Crippen LogP contribution is -2.16. The fourth-order valence-electron chi connectivity index (χ4n) is 1.41. The third-order valence-corrected chi connectivity index (χ3v) is 2.78. The quantitative estimate of drug-likeness (QED) is 0.527. The van der Waals surface area contributed by atoms with Crippen molar-refractivity contribution in [3.8, 4) is 11.5 Å². The van der Waals surface area contributed by atoms with Gasteiger partial charge in [-0.2, -0.15) is 11.8 Å². The number of phenolic OH excluding ortho intramolecular Hbond substituents is 1. The first kappa shape index (κ1) is 14.8. The number of aromatic hydroxyl groups is 1. The topological polar surface area (TPSA) is 78.8 Å². The molecule has 5 nitrogen and oxygen atoms in total. The second-order valence-electron chi connectivity index (χ2n) is 3.71. The first-order valence-electron chi connectivity index (χ1n) is 5.43. The molecule has 0 aliphatic rings. The highest BCUT2D eigenvalue weighted by molar-refractivity contribution is 7.99. The van der Waals surface area contributed by atoms with Crippen LogP contribution in [0.2, 0.25) is 0 Å². The number of nitrogens with one attached hydrogen (secondary N) is 1. The van der Waals surface area contributed by atoms with Crippen LogP contribution >= 0.6 is 11.8 Å². The molecule has 1 aromatic carbocycles. The predicted octanol–water partition coefficient (Wildman–Crippen LogP) is 0.913. The van der Waals surface area contributed by atoms with Crippen molar-refractivity contribution in [1.29, 1.82) is 0 Å². The predicted molar refractivity (Wildman–Crippen MR) is 71.0 cm³/mol. The Bertz CT molecular complexity index is 411. The summed E-state index contributed by atoms with van der Waals surface area (Å²) in [6, 6.07) is 4.48. The summed E-state index contributed by atoms with van der Waals surface area (Å²) in [4.78, 5) is 11.3. The van der Waals surface area contributed by atoms with Crippen LogP contribution in [0, 0.1) is 0 Å². The van der Waals surface area contributed by atoms with Crippen LogP contribution in [0.3, 0.4) is 0 Å². The molecule has 0 heterocycles. The summed E-state index contributed by atoms with van der Waals surface area (Å²) in [6.45, 7) is 0.380. The Labute approximate surface area is 110 Å². The van der Waals surface area contributed by atoms with E-state index in [9.17, 15) is 15.0 Å². The van der Waals surface area contributed by atoms with E-state index in [0.717, 1.165) is 0 Å². The van der Waals surface area contributed by atoms with E-state index >= 15 is 0 Å². The van der Waals surface area contributed by atoms with E-state index in [4.69, 9.17) is 4.74 Å². The zero-order valence-corrected chi connectivity index (χ0v) is 11.2. The number of aliphatic hydroxyl groups excluding tert-OH is 1. The van der Waals surface area contributed by atoms with E-state index in [1.807, 2.05) is 0 Å². The third kappa shape index (κ3) is 4.21. The smallest absolute Gasteiger partial charge is 0.321 e. The van der Waals surface area contributed by atoms with Crippen molar-refractivity contribution in [2.24, 2.45) is 0 Å². The number of carbonyl (C=O) groups excluding carboxylic acids is 1. The van der Waals surface area contributed by atoms with Gasteiger partial charge < -0.3 is 20.3 Å². The van der Waals surface area contributed by atoms with Crippen LogP contribution < -0.4 is 10.1 Å². The molecule has 100 valence electrons. The van der Waals surface area contributed by atoms with Crippen LogP contribution in [0.25, 0.3) is 0 Å². The fraction of sp³-hybridized carbons (Fsp3) is 0.417. The van der Waals surface area contributed by atoms with Crippen LogP contribution in [0.5, 0.6) is 11.5 Å². The zero-order valence-electron chi connectivity index (χ0n) is 10.3. The first-order chi connectivity index (χ1) is 8.58. The van der Waals surface area contributed by atoms with Gasteiger partial charge in [-0.1, -0.05) is 6.07 Å². The van der Waals surface area contributed by atoms with Crippen molar-refractivity contribution < 1.29 is 19.7 Å². The Kier molecular flexibility index (Phi) is 5.97. The summed E-state index contributed by atoms with van der Waals surface area (Å²) in [5.74, 6) is -0.239. The highest BCUT2D eigenvalue weighted by Gasteiger charge is 2.12. The number of rotatable bonds is 6. The summed E-state index contributed by atoms with van der Waals surface area (Å²) >= 11 is 1.35. The number of phenols is 1. The molecule has 18 heavy (non-hydrogen) atoms. The Balaban J connectivity index is 2.76. The van der Waals surface area contributed by atoms with Crippen molar-refractivity contribution in [3.05, 3.63) is 23.8 Å². The minimum atomic E-state index is -0.711. The number of hydrogen-bond donors (Lipinski definition) is 3. The maximum absolute atomic E-state index is 11.3. The van der Waals surface area contributed by atoms with Gasteiger partial charge in [0.05, 0.1) is 11.9 Å². The van der Waals surface area contributed by atoms with Crippen molar-refractivity contribution >= 4 is 17.7 Å². The monoisotopic (exact) mass is 271 g/mol. The minimum Gasteiger partial charge on any atom is -0.504 e. The number of aliphatic hydroxyl groups is 1. The molecule has 0 fully saturated rings. The molecule has 0 amide bonds. The molecule has 1 aromatic rings. The van der Waals surface area contributed by atoms with Gasteiger partial charge in [0.2, 0.25) is 0 Å². The summed E-state index contributed by atoms with van der Waals surface area (Å²) < 4.78 is 4.97. The molecule has 0 saturated heterocycles. The van der Waals surface area contributed by atoms with Gasteiger partial charge in [0, 0.05) is 6.54 Å². The van der Waals surface area contributed by atoms with Crippen molar-refractivity contribution in [2.75, 3.05) is 25.6 Å². The number of esters is 1. The maximum Gasteiger partial charge on any atom is 0.321 e.